The molecule has 1 saturated heterocycles. The highest BCUT2D eigenvalue weighted by atomic mass is 127. The molecule has 1 fully saturated rings. The summed E-state index contributed by atoms with van der Waals surface area (Å²) < 4.78 is 7.51. The number of rotatable bonds is 11. The van der Waals surface area contributed by atoms with Crippen LogP contribution in [0.15, 0.2) is 23.5 Å². The second-order valence-corrected chi connectivity index (χ2v) is 7.06. The molecule has 1 unspecified atom stereocenters. The van der Waals surface area contributed by atoms with Gasteiger partial charge < -0.3 is 15.4 Å². The van der Waals surface area contributed by atoms with Gasteiger partial charge in [0.05, 0.1) is 19.8 Å². The highest BCUT2D eigenvalue weighted by Gasteiger charge is 2.26. The first-order chi connectivity index (χ1) is 13.3. The third kappa shape index (κ3) is 8.65. The first-order valence-electron chi connectivity index (χ1n) is 10.6. The first kappa shape index (κ1) is 25.2. The van der Waals surface area contributed by atoms with Crippen LogP contribution in [-0.2, 0) is 11.3 Å². The average Bonchev–Trinajstić information content (AvgIpc) is 3.22. The topological polar surface area (TPSA) is 66.7 Å². The third-order valence-electron chi connectivity index (χ3n) is 5.30. The summed E-state index contributed by atoms with van der Waals surface area (Å²) in [5.74, 6) is 1.59. The molecular weight excluding hydrogens is 467 g/mol. The molecule has 0 aliphatic carbocycles. The first-order valence-corrected chi connectivity index (χ1v) is 10.6. The molecule has 7 nitrogen and oxygen atoms in total. The summed E-state index contributed by atoms with van der Waals surface area (Å²) >= 11 is 0. The van der Waals surface area contributed by atoms with E-state index in [4.69, 9.17) is 9.73 Å². The molecule has 0 spiro atoms. The second kappa shape index (κ2) is 15.0. The van der Waals surface area contributed by atoms with E-state index in [1.807, 2.05) is 23.1 Å². The zero-order valence-electron chi connectivity index (χ0n) is 17.8. The SMILES string of the molecule is CCNC(=NCC(C(CC)CC)N1CCOCC1)NCCCn1cccn1.I. The molecule has 1 aliphatic heterocycles. The second-order valence-electron chi connectivity index (χ2n) is 7.06. The molecule has 0 amide bonds. The van der Waals surface area contributed by atoms with E-state index in [0.29, 0.717) is 12.0 Å². The van der Waals surface area contributed by atoms with Crippen molar-refractivity contribution >= 4 is 29.9 Å². The highest BCUT2D eigenvalue weighted by Crippen LogP contribution is 2.20. The van der Waals surface area contributed by atoms with Crippen LogP contribution in [-0.4, -0.2) is 72.6 Å². The molecular formula is C20H39IN6O. The lowest BCUT2D eigenvalue weighted by Gasteiger charge is -2.38. The smallest absolute Gasteiger partial charge is 0.191 e. The number of aliphatic imine (C=N–C) groups is 1. The van der Waals surface area contributed by atoms with E-state index in [1.54, 1.807) is 0 Å². The Balaban J connectivity index is 0.00000392. The minimum Gasteiger partial charge on any atom is -0.379 e. The number of aromatic nitrogens is 2. The van der Waals surface area contributed by atoms with Crippen LogP contribution in [0.2, 0.25) is 0 Å². The number of hydrogen-bond acceptors (Lipinski definition) is 4. The summed E-state index contributed by atoms with van der Waals surface area (Å²) in [4.78, 5) is 7.51. The molecule has 1 aromatic heterocycles. The summed E-state index contributed by atoms with van der Waals surface area (Å²) in [6.07, 6.45) is 7.24. The Morgan fingerprint density at radius 3 is 2.54 bits per heavy atom. The minimum atomic E-state index is 0. The van der Waals surface area contributed by atoms with Crippen LogP contribution < -0.4 is 10.6 Å². The van der Waals surface area contributed by atoms with Gasteiger partial charge in [-0.3, -0.25) is 14.6 Å². The van der Waals surface area contributed by atoms with Gasteiger partial charge in [-0.25, -0.2) is 0 Å². The molecule has 0 aromatic carbocycles. The van der Waals surface area contributed by atoms with Crippen molar-refractivity contribution < 1.29 is 4.74 Å². The molecule has 1 aliphatic rings. The molecule has 8 heteroatoms. The lowest BCUT2D eigenvalue weighted by molar-refractivity contribution is 0.00395. The number of nitrogens with zero attached hydrogens (tertiary/aromatic N) is 4. The van der Waals surface area contributed by atoms with Crippen molar-refractivity contribution in [1.82, 2.24) is 25.3 Å². The fourth-order valence-electron chi connectivity index (χ4n) is 3.71. The molecule has 162 valence electrons. The van der Waals surface area contributed by atoms with Gasteiger partial charge in [0.1, 0.15) is 0 Å². The van der Waals surface area contributed by atoms with Crippen LogP contribution in [0.5, 0.6) is 0 Å². The van der Waals surface area contributed by atoms with Crippen molar-refractivity contribution in [2.75, 3.05) is 45.9 Å². The van der Waals surface area contributed by atoms with Crippen LogP contribution in [0.25, 0.3) is 0 Å². The number of morpholine rings is 1. The minimum absolute atomic E-state index is 0. The van der Waals surface area contributed by atoms with Gasteiger partial charge in [0.25, 0.3) is 0 Å². The van der Waals surface area contributed by atoms with Crippen molar-refractivity contribution in [1.29, 1.82) is 0 Å². The zero-order valence-corrected chi connectivity index (χ0v) is 20.1. The summed E-state index contributed by atoms with van der Waals surface area (Å²) in [7, 11) is 0. The molecule has 2 heterocycles. The fourth-order valence-corrected chi connectivity index (χ4v) is 3.71. The number of nitrogens with one attached hydrogen (secondary N) is 2. The Kier molecular flexibility index (Phi) is 13.5. The molecule has 0 radical (unpaired) electrons. The van der Waals surface area contributed by atoms with Gasteiger partial charge in [0.2, 0.25) is 0 Å². The molecule has 1 atom stereocenters. The maximum absolute atomic E-state index is 5.55. The van der Waals surface area contributed by atoms with Gasteiger partial charge >= 0.3 is 0 Å². The Bertz CT molecular complexity index is 515. The standard InChI is InChI=1S/C20H38N6O.HI/c1-4-18(5-2)19(25-13-15-27-16-14-25)17-23-20(21-6-3)22-9-7-11-26-12-8-10-24-26;/h8,10,12,18-19H,4-7,9,11,13-17H2,1-3H3,(H2,21,22,23);1H. The summed E-state index contributed by atoms with van der Waals surface area (Å²) in [6.45, 7) is 13.9. The Morgan fingerprint density at radius 1 is 1.18 bits per heavy atom. The number of ether oxygens (including phenoxy) is 1. The van der Waals surface area contributed by atoms with Gasteiger partial charge in [-0.15, -0.1) is 24.0 Å². The summed E-state index contributed by atoms with van der Waals surface area (Å²) in [6, 6.07) is 2.45. The van der Waals surface area contributed by atoms with Gasteiger partial charge in [0.15, 0.2) is 5.96 Å². The normalized spacial score (nSPS) is 16.6. The number of aryl methyl sites for hydroxylation is 1. The Morgan fingerprint density at radius 2 is 1.93 bits per heavy atom. The lowest BCUT2D eigenvalue weighted by Crippen LogP contribution is -2.49. The van der Waals surface area contributed by atoms with Crippen LogP contribution in [0, 0.1) is 5.92 Å². The van der Waals surface area contributed by atoms with E-state index in [1.165, 1.54) is 12.8 Å². The molecule has 0 bridgehead atoms. The molecule has 2 rings (SSSR count). The van der Waals surface area contributed by atoms with Gasteiger partial charge in [-0.2, -0.15) is 5.10 Å². The fraction of sp³-hybridized carbons (Fsp3) is 0.800. The Labute approximate surface area is 187 Å². The van der Waals surface area contributed by atoms with Crippen molar-refractivity contribution in [2.24, 2.45) is 10.9 Å². The number of hydrogen-bond donors (Lipinski definition) is 2. The van der Waals surface area contributed by atoms with Crippen LogP contribution in [0.4, 0.5) is 0 Å². The van der Waals surface area contributed by atoms with Gasteiger partial charge in [-0.1, -0.05) is 26.7 Å². The van der Waals surface area contributed by atoms with E-state index in [-0.39, 0.29) is 24.0 Å². The van der Waals surface area contributed by atoms with E-state index >= 15 is 0 Å². The maximum Gasteiger partial charge on any atom is 0.191 e. The van der Waals surface area contributed by atoms with E-state index in [2.05, 4.69) is 41.4 Å². The molecule has 0 saturated carbocycles. The molecule has 2 N–H and O–H groups in total. The average molecular weight is 506 g/mol. The zero-order chi connectivity index (χ0) is 19.3. The molecule has 1 aromatic rings. The number of guanidine groups is 1. The van der Waals surface area contributed by atoms with Gasteiger partial charge in [0, 0.05) is 51.2 Å². The van der Waals surface area contributed by atoms with Crippen molar-refractivity contribution in [3.05, 3.63) is 18.5 Å². The Hall–Kier alpha value is -0.870. The summed E-state index contributed by atoms with van der Waals surface area (Å²) in [5.41, 5.74) is 0. The number of halogens is 1. The quantitative estimate of drug-likeness (QED) is 0.209. The monoisotopic (exact) mass is 506 g/mol. The van der Waals surface area contributed by atoms with Crippen LogP contribution in [0.3, 0.4) is 0 Å². The van der Waals surface area contributed by atoms with Crippen molar-refractivity contribution in [3.63, 3.8) is 0 Å². The van der Waals surface area contributed by atoms with E-state index < -0.39 is 0 Å². The predicted octanol–water partition coefficient (Wildman–Crippen LogP) is 2.58. The van der Waals surface area contributed by atoms with E-state index in [9.17, 15) is 0 Å². The van der Waals surface area contributed by atoms with Crippen molar-refractivity contribution in [3.8, 4) is 0 Å². The van der Waals surface area contributed by atoms with Crippen molar-refractivity contribution in [2.45, 2.75) is 52.6 Å². The summed E-state index contributed by atoms with van der Waals surface area (Å²) in [5, 5.41) is 11.1. The third-order valence-corrected chi connectivity index (χ3v) is 5.30. The largest absolute Gasteiger partial charge is 0.379 e. The molecule has 28 heavy (non-hydrogen) atoms. The van der Waals surface area contributed by atoms with Crippen LogP contribution in [0.1, 0.15) is 40.0 Å². The highest BCUT2D eigenvalue weighted by molar-refractivity contribution is 14.0. The van der Waals surface area contributed by atoms with Gasteiger partial charge in [-0.05, 0) is 25.3 Å². The lowest BCUT2D eigenvalue weighted by atomic mass is 9.92. The van der Waals surface area contributed by atoms with E-state index in [0.717, 1.165) is 64.9 Å². The predicted molar refractivity (Wildman–Crippen MR) is 126 cm³/mol. The maximum atomic E-state index is 5.55. The van der Waals surface area contributed by atoms with Crippen LogP contribution >= 0.6 is 24.0 Å².